The summed E-state index contributed by atoms with van der Waals surface area (Å²) in [7, 11) is 0. The predicted molar refractivity (Wildman–Crippen MR) is 95.2 cm³/mol. The maximum absolute atomic E-state index is 4.76. The molecule has 0 bridgehead atoms. The Labute approximate surface area is 139 Å². The van der Waals surface area contributed by atoms with Crippen LogP contribution in [0.15, 0.2) is 36.7 Å². The van der Waals surface area contributed by atoms with Gasteiger partial charge in [0.2, 0.25) is 0 Å². The highest BCUT2D eigenvalue weighted by molar-refractivity contribution is 7.22. The first-order valence-corrected chi connectivity index (χ1v) is 8.75. The van der Waals surface area contributed by atoms with Crippen LogP contribution in [0, 0.1) is 6.92 Å². The Morgan fingerprint density at radius 1 is 1.17 bits per heavy atom. The molecule has 0 aliphatic carbocycles. The number of para-hydroxylation sites is 1. The molecule has 1 aromatic carbocycles. The van der Waals surface area contributed by atoms with Gasteiger partial charge in [-0.25, -0.2) is 15.0 Å². The molecule has 2 aromatic heterocycles. The zero-order valence-electron chi connectivity index (χ0n) is 13.1. The first-order chi connectivity index (χ1) is 11.3. The van der Waals surface area contributed by atoms with Crippen molar-refractivity contribution in [1.29, 1.82) is 0 Å². The fourth-order valence-electron chi connectivity index (χ4n) is 2.95. The molecule has 23 heavy (non-hydrogen) atoms. The summed E-state index contributed by atoms with van der Waals surface area (Å²) in [4.78, 5) is 15.6. The summed E-state index contributed by atoms with van der Waals surface area (Å²) in [6.45, 7) is 4.05. The van der Waals surface area contributed by atoms with E-state index in [0.29, 0.717) is 6.04 Å². The van der Waals surface area contributed by atoms with Gasteiger partial charge in [0.05, 0.1) is 10.2 Å². The lowest BCUT2D eigenvalue weighted by Gasteiger charge is -2.32. The number of nitrogens with zero attached hydrogens (tertiary/aromatic N) is 4. The highest BCUT2D eigenvalue weighted by Gasteiger charge is 2.21. The van der Waals surface area contributed by atoms with E-state index in [0.717, 1.165) is 48.1 Å². The van der Waals surface area contributed by atoms with E-state index >= 15 is 0 Å². The lowest BCUT2D eigenvalue weighted by atomic mass is 10.1. The highest BCUT2D eigenvalue weighted by Crippen LogP contribution is 2.30. The van der Waals surface area contributed by atoms with E-state index < -0.39 is 0 Å². The van der Waals surface area contributed by atoms with Crippen molar-refractivity contribution in [2.45, 2.75) is 25.8 Å². The Hall–Kier alpha value is -2.21. The minimum Gasteiger partial charge on any atom is -0.367 e. The quantitative estimate of drug-likeness (QED) is 0.799. The summed E-state index contributed by atoms with van der Waals surface area (Å²) < 4.78 is 1.26. The van der Waals surface area contributed by atoms with Crippen molar-refractivity contribution < 1.29 is 0 Å². The second-order valence-corrected chi connectivity index (χ2v) is 6.92. The van der Waals surface area contributed by atoms with Crippen molar-refractivity contribution in [3.8, 4) is 0 Å². The van der Waals surface area contributed by atoms with E-state index in [1.54, 1.807) is 17.7 Å². The number of piperidine rings is 1. The second kappa shape index (κ2) is 6.12. The van der Waals surface area contributed by atoms with Crippen LogP contribution in [0.2, 0.25) is 0 Å². The van der Waals surface area contributed by atoms with Crippen molar-refractivity contribution in [2.24, 2.45) is 0 Å². The molecule has 3 heterocycles. The summed E-state index contributed by atoms with van der Waals surface area (Å²) in [6.07, 6.45) is 3.81. The third kappa shape index (κ3) is 3.12. The van der Waals surface area contributed by atoms with Crippen LogP contribution in [0.25, 0.3) is 10.2 Å². The molecule has 0 amide bonds. The van der Waals surface area contributed by atoms with Gasteiger partial charge in [-0.3, -0.25) is 0 Å². The molecule has 0 saturated carbocycles. The molecule has 1 N–H and O–H groups in total. The van der Waals surface area contributed by atoms with Crippen molar-refractivity contribution in [2.75, 3.05) is 23.3 Å². The van der Waals surface area contributed by atoms with E-state index in [2.05, 4.69) is 38.4 Å². The van der Waals surface area contributed by atoms with Gasteiger partial charge < -0.3 is 10.2 Å². The average Bonchev–Trinajstić information content (AvgIpc) is 2.99. The van der Waals surface area contributed by atoms with Gasteiger partial charge in [0.1, 0.15) is 12.1 Å². The average molecular weight is 325 g/mol. The zero-order chi connectivity index (χ0) is 15.6. The number of benzene rings is 1. The maximum Gasteiger partial charge on any atom is 0.186 e. The molecule has 4 rings (SSSR count). The molecular formula is C17H19N5S. The molecule has 1 aliphatic heterocycles. The summed E-state index contributed by atoms with van der Waals surface area (Å²) >= 11 is 1.78. The van der Waals surface area contributed by atoms with Crippen molar-refractivity contribution in [1.82, 2.24) is 15.0 Å². The first kappa shape index (κ1) is 14.4. The molecular weight excluding hydrogens is 306 g/mol. The Morgan fingerprint density at radius 3 is 2.78 bits per heavy atom. The van der Waals surface area contributed by atoms with Crippen LogP contribution in [0.3, 0.4) is 0 Å². The third-order valence-electron chi connectivity index (χ3n) is 4.20. The molecule has 6 heteroatoms. The number of hydrogen-bond donors (Lipinski definition) is 1. The molecule has 1 aliphatic rings. The largest absolute Gasteiger partial charge is 0.367 e. The molecule has 5 nitrogen and oxygen atoms in total. The van der Waals surface area contributed by atoms with Gasteiger partial charge >= 0.3 is 0 Å². The van der Waals surface area contributed by atoms with Crippen LogP contribution in [-0.2, 0) is 0 Å². The molecule has 1 fully saturated rings. The van der Waals surface area contributed by atoms with E-state index in [1.165, 1.54) is 4.70 Å². The molecule has 118 valence electrons. The first-order valence-electron chi connectivity index (χ1n) is 7.94. The lowest BCUT2D eigenvalue weighted by Crippen LogP contribution is -2.39. The van der Waals surface area contributed by atoms with Gasteiger partial charge in [0.15, 0.2) is 5.13 Å². The number of nitrogens with one attached hydrogen (secondary N) is 1. The van der Waals surface area contributed by atoms with Crippen LogP contribution in [0.5, 0.6) is 0 Å². The Morgan fingerprint density at radius 2 is 2.00 bits per heavy atom. The van der Waals surface area contributed by atoms with E-state index in [1.807, 2.05) is 19.1 Å². The number of aryl methyl sites for hydroxylation is 1. The Balaban J connectivity index is 1.40. The van der Waals surface area contributed by atoms with Crippen LogP contribution in [0.4, 0.5) is 10.9 Å². The van der Waals surface area contributed by atoms with Crippen LogP contribution >= 0.6 is 11.3 Å². The molecule has 0 unspecified atom stereocenters. The maximum atomic E-state index is 4.76. The summed E-state index contributed by atoms with van der Waals surface area (Å²) in [5.74, 6) is 0.927. The Kier molecular flexibility index (Phi) is 3.83. The summed E-state index contributed by atoms with van der Waals surface area (Å²) in [6, 6.07) is 10.8. The fraction of sp³-hybridized carbons (Fsp3) is 0.353. The third-order valence-corrected chi connectivity index (χ3v) is 5.30. The number of fused-ring (bicyclic) bond motifs is 1. The smallest absolute Gasteiger partial charge is 0.186 e. The number of hydrogen-bond acceptors (Lipinski definition) is 6. The monoisotopic (exact) mass is 325 g/mol. The standard InChI is InChI=1S/C17H19N5S/c1-12-10-16(19-11-18-12)20-13-6-8-22(9-7-13)17-21-14-4-2-3-5-15(14)23-17/h2-5,10-11,13H,6-9H2,1H3,(H,18,19,20). The summed E-state index contributed by atoms with van der Waals surface area (Å²) in [5.41, 5.74) is 2.10. The van der Waals surface area contributed by atoms with Gasteiger partial charge in [0, 0.05) is 30.9 Å². The topological polar surface area (TPSA) is 53.9 Å². The number of thiazole rings is 1. The van der Waals surface area contributed by atoms with E-state index in [4.69, 9.17) is 4.98 Å². The second-order valence-electron chi connectivity index (χ2n) is 5.91. The normalized spacial score (nSPS) is 16.0. The van der Waals surface area contributed by atoms with Gasteiger partial charge in [-0.1, -0.05) is 23.5 Å². The molecule has 3 aromatic rings. The lowest BCUT2D eigenvalue weighted by molar-refractivity contribution is 0.525. The zero-order valence-corrected chi connectivity index (χ0v) is 13.9. The minimum absolute atomic E-state index is 0.468. The van der Waals surface area contributed by atoms with Crippen LogP contribution < -0.4 is 10.2 Å². The van der Waals surface area contributed by atoms with E-state index in [-0.39, 0.29) is 0 Å². The molecule has 0 spiro atoms. The van der Waals surface area contributed by atoms with Gasteiger partial charge in [0.25, 0.3) is 0 Å². The van der Waals surface area contributed by atoms with Crippen molar-refractivity contribution in [3.05, 3.63) is 42.4 Å². The number of anilines is 2. The van der Waals surface area contributed by atoms with Gasteiger partial charge in [-0.2, -0.15) is 0 Å². The van der Waals surface area contributed by atoms with Crippen molar-refractivity contribution >= 4 is 32.5 Å². The number of rotatable bonds is 3. The SMILES string of the molecule is Cc1cc(NC2CCN(c3nc4ccccc4s3)CC2)ncn1. The summed E-state index contributed by atoms with van der Waals surface area (Å²) in [5, 5.41) is 4.67. The Bertz CT molecular complexity index is 774. The number of aromatic nitrogens is 3. The van der Waals surface area contributed by atoms with Gasteiger partial charge in [-0.05, 0) is 31.9 Å². The predicted octanol–water partition coefficient (Wildman–Crippen LogP) is 3.48. The van der Waals surface area contributed by atoms with Crippen LogP contribution in [-0.4, -0.2) is 34.1 Å². The van der Waals surface area contributed by atoms with Crippen molar-refractivity contribution in [3.63, 3.8) is 0 Å². The highest BCUT2D eigenvalue weighted by atomic mass is 32.1. The molecule has 1 saturated heterocycles. The van der Waals surface area contributed by atoms with Crippen LogP contribution in [0.1, 0.15) is 18.5 Å². The van der Waals surface area contributed by atoms with E-state index in [9.17, 15) is 0 Å². The molecule has 0 radical (unpaired) electrons. The molecule has 0 atom stereocenters. The minimum atomic E-state index is 0.468. The fourth-order valence-corrected chi connectivity index (χ4v) is 3.97. The van der Waals surface area contributed by atoms with Gasteiger partial charge in [-0.15, -0.1) is 0 Å².